The molecule has 27 heavy (non-hydrogen) atoms. The molecule has 0 radical (unpaired) electrons. The fraction of sp³-hybridized carbons (Fsp3) is 0.471. The molecule has 0 amide bonds. The highest BCUT2D eigenvalue weighted by Gasteiger charge is 2.30. The number of alkyl halides is 3. The predicted molar refractivity (Wildman–Crippen MR) is 110 cm³/mol. The van der Waals surface area contributed by atoms with Crippen molar-refractivity contribution >= 4 is 39.8 Å². The lowest BCUT2D eigenvalue weighted by molar-refractivity contribution is -0.137. The summed E-state index contributed by atoms with van der Waals surface area (Å²) in [6, 6.07) is 4.59. The first-order chi connectivity index (χ1) is 12.2. The van der Waals surface area contributed by atoms with E-state index in [1.165, 1.54) is 12.1 Å². The smallest absolute Gasteiger partial charge is 0.357 e. The van der Waals surface area contributed by atoms with Gasteiger partial charge in [0.2, 0.25) is 0 Å². The van der Waals surface area contributed by atoms with E-state index in [1.807, 2.05) is 6.92 Å². The van der Waals surface area contributed by atoms with Crippen molar-refractivity contribution in [2.75, 3.05) is 24.6 Å². The molecule has 1 heterocycles. The van der Waals surface area contributed by atoms with Crippen LogP contribution in [0.4, 0.5) is 13.2 Å². The van der Waals surface area contributed by atoms with Crippen LogP contribution < -0.4 is 10.6 Å². The first kappa shape index (κ1) is 23.6. The molecule has 150 valence electrons. The first-order valence-electron chi connectivity index (χ1n) is 8.11. The number of guanidine groups is 1. The zero-order valence-electron chi connectivity index (χ0n) is 14.6. The van der Waals surface area contributed by atoms with Crippen molar-refractivity contribution in [1.29, 1.82) is 0 Å². The number of halogens is 4. The fourth-order valence-corrected chi connectivity index (χ4v) is 4.13. The van der Waals surface area contributed by atoms with Gasteiger partial charge in [-0.25, -0.2) is 13.4 Å². The zero-order valence-corrected chi connectivity index (χ0v) is 17.8. The Morgan fingerprint density at radius 2 is 2.11 bits per heavy atom. The van der Waals surface area contributed by atoms with Crippen LogP contribution in [0.15, 0.2) is 29.3 Å². The monoisotopic (exact) mass is 515 g/mol. The lowest BCUT2D eigenvalue weighted by Crippen LogP contribution is -2.44. The minimum atomic E-state index is -4.40. The Kier molecular flexibility index (Phi) is 8.87. The summed E-state index contributed by atoms with van der Waals surface area (Å²) < 4.78 is 61.0. The molecule has 1 unspecified atom stereocenters. The Bertz CT molecular complexity index is 830. The van der Waals surface area contributed by atoms with Crippen molar-refractivity contribution in [2.45, 2.75) is 25.6 Å². The number of benzene rings is 1. The van der Waals surface area contributed by atoms with Crippen LogP contribution in [-0.2, 0) is 16.0 Å². The molecular formula is C17H21F3IN3O2S. The topological polar surface area (TPSA) is 70.6 Å². The number of hydrogen-bond donors (Lipinski definition) is 2. The molecule has 1 aromatic carbocycles. The molecule has 1 saturated heterocycles. The van der Waals surface area contributed by atoms with Gasteiger partial charge in [0.25, 0.3) is 0 Å². The summed E-state index contributed by atoms with van der Waals surface area (Å²) in [5.74, 6) is 6.01. The number of sulfone groups is 1. The normalized spacial score (nSPS) is 18.8. The average Bonchev–Trinajstić information content (AvgIpc) is 2.90. The standard InChI is InChI=1S/C17H20F3N3O2S.HI/c1-2-21-16(23-15-8-10-26(24,25)12-15)22-9-4-6-13-5-3-7-14(11-13)17(18,19)20;/h3,5,7,11,15H,2,8-10,12H2,1H3,(H2,21,22,23);1H. The van der Waals surface area contributed by atoms with E-state index < -0.39 is 21.6 Å². The molecular weight excluding hydrogens is 494 g/mol. The van der Waals surface area contributed by atoms with Gasteiger partial charge in [0.15, 0.2) is 15.8 Å². The van der Waals surface area contributed by atoms with Crippen LogP contribution in [0.25, 0.3) is 0 Å². The molecule has 2 N–H and O–H groups in total. The zero-order chi connectivity index (χ0) is 19.2. The molecule has 0 saturated carbocycles. The van der Waals surface area contributed by atoms with E-state index in [9.17, 15) is 21.6 Å². The quantitative estimate of drug-likeness (QED) is 0.281. The third-order valence-electron chi connectivity index (χ3n) is 3.66. The van der Waals surface area contributed by atoms with Crippen molar-refractivity contribution in [3.8, 4) is 11.8 Å². The van der Waals surface area contributed by atoms with Gasteiger partial charge >= 0.3 is 6.18 Å². The Balaban J connectivity index is 0.00000364. The van der Waals surface area contributed by atoms with Crippen LogP contribution in [0.2, 0.25) is 0 Å². The molecule has 1 atom stereocenters. The maximum atomic E-state index is 12.7. The molecule has 10 heteroatoms. The van der Waals surface area contributed by atoms with Gasteiger partial charge < -0.3 is 10.6 Å². The van der Waals surface area contributed by atoms with E-state index in [1.54, 1.807) is 0 Å². The molecule has 2 rings (SSSR count). The predicted octanol–water partition coefficient (Wildman–Crippen LogP) is 2.42. The van der Waals surface area contributed by atoms with E-state index in [4.69, 9.17) is 0 Å². The van der Waals surface area contributed by atoms with Gasteiger partial charge in [-0.2, -0.15) is 13.2 Å². The minimum Gasteiger partial charge on any atom is -0.357 e. The summed E-state index contributed by atoms with van der Waals surface area (Å²) >= 11 is 0. The third-order valence-corrected chi connectivity index (χ3v) is 5.42. The van der Waals surface area contributed by atoms with Crippen molar-refractivity contribution in [3.05, 3.63) is 35.4 Å². The summed E-state index contributed by atoms with van der Waals surface area (Å²) in [4.78, 5) is 4.21. The second-order valence-electron chi connectivity index (χ2n) is 5.82. The van der Waals surface area contributed by atoms with Crippen LogP contribution in [0, 0.1) is 11.8 Å². The summed E-state index contributed by atoms with van der Waals surface area (Å²) in [6.07, 6.45) is -3.89. The minimum absolute atomic E-state index is 0. The van der Waals surface area contributed by atoms with Crippen LogP contribution >= 0.6 is 24.0 Å². The molecule has 0 aromatic heterocycles. The maximum absolute atomic E-state index is 12.7. The van der Waals surface area contributed by atoms with Gasteiger partial charge in [-0.1, -0.05) is 17.9 Å². The molecule has 0 aliphatic carbocycles. The first-order valence-corrected chi connectivity index (χ1v) is 9.93. The molecule has 1 aliphatic heterocycles. The van der Waals surface area contributed by atoms with Gasteiger partial charge in [0, 0.05) is 18.2 Å². The molecule has 1 aliphatic rings. The largest absolute Gasteiger partial charge is 0.416 e. The van der Waals surface area contributed by atoms with Gasteiger partial charge in [0.1, 0.15) is 6.54 Å². The summed E-state index contributed by atoms with van der Waals surface area (Å²) in [6.45, 7) is 2.54. The molecule has 0 spiro atoms. The number of rotatable bonds is 3. The maximum Gasteiger partial charge on any atom is 0.416 e. The van der Waals surface area contributed by atoms with Gasteiger partial charge in [-0.15, -0.1) is 24.0 Å². The lowest BCUT2D eigenvalue weighted by Gasteiger charge is -2.15. The average molecular weight is 515 g/mol. The van der Waals surface area contributed by atoms with Crippen molar-refractivity contribution in [2.24, 2.45) is 4.99 Å². The van der Waals surface area contributed by atoms with E-state index in [0.717, 1.165) is 12.1 Å². The molecule has 0 bridgehead atoms. The van der Waals surface area contributed by atoms with E-state index >= 15 is 0 Å². The van der Waals surface area contributed by atoms with Crippen LogP contribution in [0.3, 0.4) is 0 Å². The molecule has 1 aromatic rings. The van der Waals surface area contributed by atoms with Crippen LogP contribution in [0.5, 0.6) is 0 Å². The van der Waals surface area contributed by atoms with Gasteiger partial charge in [0.05, 0.1) is 17.1 Å². The third kappa shape index (κ3) is 7.96. The highest BCUT2D eigenvalue weighted by atomic mass is 127. The van der Waals surface area contributed by atoms with E-state index in [-0.39, 0.29) is 53.6 Å². The van der Waals surface area contributed by atoms with Crippen molar-refractivity contribution < 1.29 is 21.6 Å². The lowest BCUT2D eigenvalue weighted by atomic mass is 10.1. The number of nitrogens with zero attached hydrogens (tertiary/aromatic N) is 1. The van der Waals surface area contributed by atoms with E-state index in [0.29, 0.717) is 18.9 Å². The Morgan fingerprint density at radius 1 is 1.37 bits per heavy atom. The molecule has 5 nitrogen and oxygen atoms in total. The van der Waals surface area contributed by atoms with Crippen molar-refractivity contribution in [1.82, 2.24) is 10.6 Å². The van der Waals surface area contributed by atoms with Crippen LogP contribution in [0.1, 0.15) is 24.5 Å². The van der Waals surface area contributed by atoms with Gasteiger partial charge in [-0.05, 0) is 31.5 Å². The fourth-order valence-electron chi connectivity index (χ4n) is 2.46. The molecule has 1 fully saturated rings. The summed E-state index contributed by atoms with van der Waals surface area (Å²) in [5, 5.41) is 6.04. The van der Waals surface area contributed by atoms with Crippen molar-refractivity contribution in [3.63, 3.8) is 0 Å². The number of hydrogen-bond acceptors (Lipinski definition) is 3. The highest BCUT2D eigenvalue weighted by Crippen LogP contribution is 2.29. The highest BCUT2D eigenvalue weighted by molar-refractivity contribution is 14.0. The number of aliphatic imine (C=N–C) groups is 1. The van der Waals surface area contributed by atoms with E-state index in [2.05, 4.69) is 27.5 Å². The Labute approximate surface area is 174 Å². The number of nitrogens with one attached hydrogen (secondary N) is 2. The van der Waals surface area contributed by atoms with Crippen LogP contribution in [-0.4, -0.2) is 45.0 Å². The second kappa shape index (κ2) is 10.2. The summed E-state index contributed by atoms with van der Waals surface area (Å²) in [7, 11) is -3.00. The SMILES string of the molecule is CCNC(=NCC#Cc1cccc(C(F)(F)F)c1)NC1CCS(=O)(=O)C1.I. The van der Waals surface area contributed by atoms with Gasteiger partial charge in [-0.3, -0.25) is 0 Å². The Hall–Kier alpha value is -1.48. The summed E-state index contributed by atoms with van der Waals surface area (Å²) in [5.41, 5.74) is -0.486. The second-order valence-corrected chi connectivity index (χ2v) is 8.05. The Morgan fingerprint density at radius 3 is 2.70 bits per heavy atom.